The Balaban J connectivity index is 2.25. The lowest BCUT2D eigenvalue weighted by atomic mass is 10.2. The molecule has 0 atom stereocenters. The van der Waals surface area contributed by atoms with Gasteiger partial charge in [0.25, 0.3) is 5.91 Å². The number of aliphatic hydroxyl groups excluding tert-OH is 1. The van der Waals surface area contributed by atoms with Crippen molar-refractivity contribution in [2.75, 3.05) is 11.9 Å². The molecule has 2 aromatic rings. The van der Waals surface area contributed by atoms with Gasteiger partial charge in [-0.1, -0.05) is 11.8 Å². The van der Waals surface area contributed by atoms with E-state index in [4.69, 9.17) is 5.11 Å². The maximum Gasteiger partial charge on any atom is 0.275 e. The van der Waals surface area contributed by atoms with Crippen molar-refractivity contribution in [3.63, 3.8) is 0 Å². The second-order valence-corrected chi connectivity index (χ2v) is 4.06. The molecule has 1 amide bonds. The number of aliphatic hydroxyl groups is 1. The molecule has 20 heavy (non-hydrogen) atoms. The largest absolute Gasteiger partial charge is 0.384 e. The minimum atomic E-state index is -0.361. The molecule has 0 fully saturated rings. The molecule has 0 aliphatic heterocycles. The van der Waals surface area contributed by atoms with E-state index >= 15 is 0 Å². The topological polar surface area (TPSA) is 75.1 Å². The SMILES string of the molecule is Cc1cncc(NC(=O)c2ncccc2C#CCO)c1. The van der Waals surface area contributed by atoms with Gasteiger partial charge in [0.05, 0.1) is 17.4 Å². The molecule has 0 aromatic carbocycles. The Morgan fingerprint density at radius 1 is 1.45 bits per heavy atom. The average molecular weight is 267 g/mol. The van der Waals surface area contributed by atoms with Crippen LogP contribution in [0.4, 0.5) is 5.69 Å². The number of hydrogen-bond donors (Lipinski definition) is 2. The Morgan fingerprint density at radius 2 is 2.30 bits per heavy atom. The number of rotatable bonds is 2. The molecule has 0 saturated heterocycles. The number of pyridine rings is 2. The van der Waals surface area contributed by atoms with Crippen LogP contribution < -0.4 is 5.32 Å². The van der Waals surface area contributed by atoms with E-state index < -0.39 is 0 Å². The summed E-state index contributed by atoms with van der Waals surface area (Å²) in [7, 11) is 0. The van der Waals surface area contributed by atoms with Crippen molar-refractivity contribution in [3.8, 4) is 11.8 Å². The monoisotopic (exact) mass is 267 g/mol. The van der Waals surface area contributed by atoms with Crippen molar-refractivity contribution in [3.05, 3.63) is 53.6 Å². The Morgan fingerprint density at radius 3 is 3.05 bits per heavy atom. The third-order valence-electron chi connectivity index (χ3n) is 2.46. The van der Waals surface area contributed by atoms with Gasteiger partial charge in [0.15, 0.2) is 0 Å². The second kappa shape index (κ2) is 6.45. The van der Waals surface area contributed by atoms with Crippen molar-refractivity contribution in [2.45, 2.75) is 6.92 Å². The standard InChI is InChI=1S/C15H13N3O2/c1-11-8-13(10-16-9-11)18-15(20)14-12(5-3-7-19)4-2-6-17-14/h2,4,6,8-10,19H,7H2,1H3,(H,18,20). The summed E-state index contributed by atoms with van der Waals surface area (Å²) in [5.74, 6) is 4.85. The molecule has 2 aromatic heterocycles. The molecule has 0 saturated carbocycles. The van der Waals surface area contributed by atoms with Crippen LogP contribution in [0.3, 0.4) is 0 Å². The highest BCUT2D eigenvalue weighted by molar-refractivity contribution is 6.04. The summed E-state index contributed by atoms with van der Waals surface area (Å²) < 4.78 is 0. The van der Waals surface area contributed by atoms with E-state index in [-0.39, 0.29) is 18.2 Å². The predicted molar refractivity (Wildman–Crippen MR) is 75.1 cm³/mol. The minimum absolute atomic E-state index is 0.218. The van der Waals surface area contributed by atoms with E-state index in [0.717, 1.165) is 5.56 Å². The minimum Gasteiger partial charge on any atom is -0.384 e. The first-order valence-electron chi connectivity index (χ1n) is 5.98. The fourth-order valence-electron chi connectivity index (χ4n) is 1.64. The summed E-state index contributed by atoms with van der Waals surface area (Å²) in [6, 6.07) is 5.18. The van der Waals surface area contributed by atoms with Crippen molar-refractivity contribution < 1.29 is 9.90 Å². The van der Waals surface area contributed by atoms with Crippen LogP contribution in [-0.2, 0) is 0 Å². The van der Waals surface area contributed by atoms with Gasteiger partial charge in [-0.2, -0.15) is 0 Å². The zero-order chi connectivity index (χ0) is 14.4. The quantitative estimate of drug-likeness (QED) is 0.806. The molecular weight excluding hydrogens is 254 g/mol. The maximum absolute atomic E-state index is 12.2. The second-order valence-electron chi connectivity index (χ2n) is 4.06. The van der Waals surface area contributed by atoms with Crippen molar-refractivity contribution in [2.24, 2.45) is 0 Å². The molecule has 0 bridgehead atoms. The van der Waals surface area contributed by atoms with Gasteiger partial charge >= 0.3 is 0 Å². The summed E-state index contributed by atoms with van der Waals surface area (Å²) in [6.07, 6.45) is 4.79. The van der Waals surface area contributed by atoms with Gasteiger partial charge in [-0.25, -0.2) is 4.98 Å². The van der Waals surface area contributed by atoms with E-state index in [9.17, 15) is 4.79 Å². The third kappa shape index (κ3) is 3.40. The average Bonchev–Trinajstić information content (AvgIpc) is 2.45. The zero-order valence-electron chi connectivity index (χ0n) is 10.9. The fourth-order valence-corrected chi connectivity index (χ4v) is 1.64. The highest BCUT2D eigenvalue weighted by Crippen LogP contribution is 2.11. The number of carbonyl (C=O) groups is 1. The summed E-state index contributed by atoms with van der Waals surface area (Å²) in [6.45, 7) is 1.62. The summed E-state index contributed by atoms with van der Waals surface area (Å²) in [4.78, 5) is 20.2. The number of amides is 1. The Kier molecular flexibility index (Phi) is 4.43. The van der Waals surface area contributed by atoms with Gasteiger partial charge in [0, 0.05) is 12.4 Å². The molecule has 0 aliphatic rings. The highest BCUT2D eigenvalue weighted by atomic mass is 16.2. The first-order valence-corrected chi connectivity index (χ1v) is 5.98. The number of nitrogens with one attached hydrogen (secondary N) is 1. The Hall–Kier alpha value is -2.71. The van der Waals surface area contributed by atoms with E-state index in [0.29, 0.717) is 11.3 Å². The van der Waals surface area contributed by atoms with Crippen LogP contribution in [0, 0.1) is 18.8 Å². The Bertz CT molecular complexity index is 687. The lowest BCUT2D eigenvalue weighted by Gasteiger charge is -2.06. The lowest BCUT2D eigenvalue weighted by Crippen LogP contribution is -2.15. The maximum atomic E-state index is 12.2. The van der Waals surface area contributed by atoms with Crippen LogP contribution in [-0.4, -0.2) is 27.6 Å². The van der Waals surface area contributed by atoms with E-state index in [1.807, 2.05) is 13.0 Å². The number of aryl methyl sites for hydroxylation is 1. The smallest absolute Gasteiger partial charge is 0.275 e. The summed E-state index contributed by atoms with van der Waals surface area (Å²) >= 11 is 0. The van der Waals surface area contributed by atoms with Crippen LogP contribution in [0.1, 0.15) is 21.6 Å². The zero-order valence-corrected chi connectivity index (χ0v) is 10.9. The van der Waals surface area contributed by atoms with Crippen LogP contribution >= 0.6 is 0 Å². The van der Waals surface area contributed by atoms with Gasteiger partial charge in [-0.05, 0) is 30.7 Å². The van der Waals surface area contributed by atoms with Crippen molar-refractivity contribution in [1.82, 2.24) is 9.97 Å². The van der Waals surface area contributed by atoms with Gasteiger partial charge in [0.2, 0.25) is 0 Å². The molecule has 0 spiro atoms. The van der Waals surface area contributed by atoms with Crippen LogP contribution in [0.2, 0.25) is 0 Å². The van der Waals surface area contributed by atoms with Crippen molar-refractivity contribution in [1.29, 1.82) is 0 Å². The first-order chi connectivity index (χ1) is 9.70. The first kappa shape index (κ1) is 13.7. The summed E-state index contributed by atoms with van der Waals surface area (Å²) in [5, 5.41) is 11.4. The van der Waals surface area contributed by atoms with E-state index in [2.05, 4.69) is 27.1 Å². The molecule has 100 valence electrons. The molecule has 5 heteroatoms. The molecular formula is C15H13N3O2. The third-order valence-corrected chi connectivity index (χ3v) is 2.46. The van der Waals surface area contributed by atoms with Gasteiger partial charge < -0.3 is 10.4 Å². The number of aromatic nitrogens is 2. The van der Waals surface area contributed by atoms with Gasteiger partial charge in [0.1, 0.15) is 12.3 Å². The fraction of sp³-hybridized carbons (Fsp3) is 0.133. The Labute approximate surface area is 116 Å². The molecule has 0 unspecified atom stereocenters. The van der Waals surface area contributed by atoms with E-state index in [1.165, 1.54) is 6.20 Å². The molecule has 0 aliphatic carbocycles. The molecule has 2 N–H and O–H groups in total. The molecule has 0 radical (unpaired) electrons. The van der Waals surface area contributed by atoms with Crippen LogP contribution in [0.5, 0.6) is 0 Å². The number of carbonyl (C=O) groups excluding carboxylic acids is 1. The molecule has 5 nitrogen and oxygen atoms in total. The van der Waals surface area contributed by atoms with Crippen LogP contribution in [0.25, 0.3) is 0 Å². The summed E-state index contributed by atoms with van der Waals surface area (Å²) in [5.41, 5.74) is 2.24. The molecule has 2 heterocycles. The normalized spacial score (nSPS) is 9.50. The number of anilines is 1. The van der Waals surface area contributed by atoms with E-state index in [1.54, 1.807) is 24.5 Å². The number of nitrogens with zero attached hydrogens (tertiary/aromatic N) is 2. The highest BCUT2D eigenvalue weighted by Gasteiger charge is 2.11. The lowest BCUT2D eigenvalue weighted by molar-refractivity contribution is 0.102. The predicted octanol–water partition coefficient (Wildman–Crippen LogP) is 1.38. The van der Waals surface area contributed by atoms with Gasteiger partial charge in [-0.15, -0.1) is 0 Å². The molecule has 2 rings (SSSR count). The number of hydrogen-bond acceptors (Lipinski definition) is 4. The van der Waals surface area contributed by atoms with Crippen molar-refractivity contribution >= 4 is 11.6 Å². The van der Waals surface area contributed by atoms with Crippen LogP contribution in [0.15, 0.2) is 36.8 Å². The van der Waals surface area contributed by atoms with Gasteiger partial charge in [-0.3, -0.25) is 9.78 Å².